The Bertz CT molecular complexity index is 2390. The van der Waals surface area contributed by atoms with Gasteiger partial charge in [-0.25, -0.2) is 12.2 Å². The molecule has 8 aromatic rings. The number of benzene rings is 6. The smallest absolute Gasteiger partial charge is 1.00 e. The van der Waals surface area contributed by atoms with Gasteiger partial charge in [0.25, 0.3) is 0 Å². The maximum atomic E-state index is 4.52. The van der Waals surface area contributed by atoms with Crippen molar-refractivity contribution in [3.63, 3.8) is 0 Å². The number of halogens is 2. The number of hydrogen-bond donors (Lipinski definition) is 0. The van der Waals surface area contributed by atoms with Crippen molar-refractivity contribution in [3.8, 4) is 22.3 Å². The molecule has 0 spiro atoms. The van der Waals surface area contributed by atoms with Gasteiger partial charge in [-0.3, -0.25) is 22.1 Å². The SMILES string of the molecule is [C-]1=Cc2c(-c3ccc4ccccc4c3)cccc2C1c1ccccn1.[C-]1=Cc2c(-c3ccc4ccccc4c3)cccc2C1c1ccccn1.[Cl-].[Cl-].[Zr+4]. The van der Waals surface area contributed by atoms with Gasteiger partial charge in [0.2, 0.25) is 0 Å². The largest absolute Gasteiger partial charge is 4.00 e. The normalized spacial score (nSPS) is 14.6. The Labute approximate surface area is 342 Å². The molecule has 2 unspecified atom stereocenters. The summed E-state index contributed by atoms with van der Waals surface area (Å²) < 4.78 is 0. The minimum Gasteiger partial charge on any atom is -1.00 e. The van der Waals surface area contributed by atoms with Gasteiger partial charge in [0, 0.05) is 23.8 Å². The molecule has 5 heteroatoms. The van der Waals surface area contributed by atoms with Crippen LogP contribution < -0.4 is 24.8 Å². The molecule has 2 aliphatic rings. The Morgan fingerprint density at radius 3 is 1.23 bits per heavy atom. The Hall–Kier alpha value is -4.92. The zero-order valence-corrected chi connectivity index (χ0v) is 32.6. The number of allylic oxidation sites excluding steroid dienone is 2. The van der Waals surface area contributed by atoms with Crippen LogP contribution in [0.1, 0.15) is 45.5 Å². The summed E-state index contributed by atoms with van der Waals surface area (Å²) in [6.45, 7) is 0. The third-order valence-corrected chi connectivity index (χ3v) is 9.78. The Morgan fingerprint density at radius 1 is 0.396 bits per heavy atom. The summed E-state index contributed by atoms with van der Waals surface area (Å²) in [6, 6.07) is 55.5. The van der Waals surface area contributed by atoms with Crippen LogP contribution in [0.15, 0.2) is 170 Å². The Morgan fingerprint density at radius 2 is 0.811 bits per heavy atom. The average molecular weight is 799 g/mol. The van der Waals surface area contributed by atoms with Crippen LogP contribution in [0.5, 0.6) is 0 Å². The van der Waals surface area contributed by atoms with Crippen molar-refractivity contribution in [2.24, 2.45) is 0 Å². The standard InChI is InChI=1S/2C24H16N.2ClH.Zr/c2*1-2-7-18-16-19(12-11-17(18)6-1)20-8-5-9-21-22(20)13-14-23(21)24-10-3-4-15-25-24;;;/h2*1-13,15-16,23H;2*1H;/q2*-1;;;+4/p-2. The van der Waals surface area contributed by atoms with E-state index < -0.39 is 0 Å². The summed E-state index contributed by atoms with van der Waals surface area (Å²) in [5.41, 5.74) is 12.2. The molecule has 2 atom stereocenters. The van der Waals surface area contributed by atoms with Crippen LogP contribution in [0.4, 0.5) is 0 Å². The van der Waals surface area contributed by atoms with Gasteiger partial charge in [0.05, 0.1) is 0 Å². The number of fused-ring (bicyclic) bond motifs is 4. The Kier molecular flexibility index (Phi) is 12.0. The first kappa shape index (κ1) is 37.8. The summed E-state index contributed by atoms with van der Waals surface area (Å²) in [4.78, 5) is 9.04. The predicted octanol–water partition coefficient (Wildman–Crippen LogP) is 5.73. The fourth-order valence-corrected chi connectivity index (χ4v) is 7.30. The molecule has 0 saturated carbocycles. The van der Waals surface area contributed by atoms with Crippen molar-refractivity contribution in [2.75, 3.05) is 0 Å². The van der Waals surface area contributed by atoms with E-state index in [4.69, 9.17) is 0 Å². The number of nitrogens with zero attached hydrogens (tertiary/aromatic N) is 2. The van der Waals surface area contributed by atoms with Gasteiger partial charge in [-0.1, -0.05) is 132 Å². The van der Waals surface area contributed by atoms with E-state index >= 15 is 0 Å². The van der Waals surface area contributed by atoms with E-state index in [-0.39, 0.29) is 62.9 Å². The van der Waals surface area contributed by atoms with Crippen molar-refractivity contribution in [3.05, 3.63) is 216 Å². The number of hydrogen-bond acceptors (Lipinski definition) is 2. The monoisotopic (exact) mass is 796 g/mol. The van der Waals surface area contributed by atoms with Crippen LogP contribution in [0, 0.1) is 12.2 Å². The maximum Gasteiger partial charge on any atom is 4.00 e. The van der Waals surface area contributed by atoms with Gasteiger partial charge in [-0.2, -0.15) is 11.1 Å². The van der Waals surface area contributed by atoms with Crippen LogP contribution in [0.25, 0.3) is 56.0 Å². The topological polar surface area (TPSA) is 25.8 Å². The quantitative estimate of drug-likeness (QED) is 0.213. The zero-order valence-electron chi connectivity index (χ0n) is 28.6. The van der Waals surface area contributed by atoms with E-state index in [0.717, 1.165) is 11.4 Å². The molecular weight excluding hydrogens is 767 g/mol. The molecule has 0 saturated heterocycles. The number of rotatable bonds is 4. The average Bonchev–Trinajstić information content (AvgIpc) is 3.84. The molecule has 0 aliphatic heterocycles. The molecule has 0 fully saturated rings. The van der Waals surface area contributed by atoms with Crippen molar-refractivity contribution in [1.29, 1.82) is 0 Å². The molecule has 10 rings (SSSR count). The van der Waals surface area contributed by atoms with Gasteiger partial charge < -0.3 is 24.8 Å². The second-order valence-electron chi connectivity index (χ2n) is 12.7. The van der Waals surface area contributed by atoms with Gasteiger partial charge >= 0.3 is 26.2 Å². The molecule has 0 bridgehead atoms. The predicted molar refractivity (Wildman–Crippen MR) is 206 cm³/mol. The molecule has 0 radical (unpaired) electrons. The Balaban J connectivity index is 0.000000172. The molecule has 6 aromatic carbocycles. The summed E-state index contributed by atoms with van der Waals surface area (Å²) >= 11 is 0. The summed E-state index contributed by atoms with van der Waals surface area (Å²) in [5.74, 6) is 0.244. The fourth-order valence-electron chi connectivity index (χ4n) is 7.30. The van der Waals surface area contributed by atoms with Crippen molar-refractivity contribution < 1.29 is 51.0 Å². The van der Waals surface area contributed by atoms with E-state index in [2.05, 4.69) is 168 Å². The molecule has 2 nitrogen and oxygen atoms in total. The van der Waals surface area contributed by atoms with Gasteiger partial charge in [0.1, 0.15) is 0 Å². The van der Waals surface area contributed by atoms with E-state index in [1.54, 1.807) is 0 Å². The molecule has 2 aliphatic carbocycles. The number of aromatic nitrogens is 2. The zero-order chi connectivity index (χ0) is 33.3. The van der Waals surface area contributed by atoms with E-state index in [0.29, 0.717) is 0 Å². The third kappa shape index (κ3) is 7.48. The van der Waals surface area contributed by atoms with E-state index in [1.165, 1.54) is 66.1 Å². The third-order valence-electron chi connectivity index (χ3n) is 9.78. The first-order chi connectivity index (χ1) is 24.8. The minimum atomic E-state index is 0. The molecule has 2 heterocycles. The first-order valence-electron chi connectivity index (χ1n) is 17.0. The van der Waals surface area contributed by atoms with E-state index in [1.807, 2.05) is 36.7 Å². The molecule has 0 N–H and O–H groups in total. The van der Waals surface area contributed by atoms with Crippen LogP contribution in [-0.4, -0.2) is 9.97 Å². The second-order valence-corrected chi connectivity index (χ2v) is 12.7. The van der Waals surface area contributed by atoms with Gasteiger partial charge in [-0.15, -0.1) is 11.1 Å². The van der Waals surface area contributed by atoms with Crippen LogP contribution >= 0.6 is 0 Å². The molecule has 0 amide bonds. The summed E-state index contributed by atoms with van der Waals surface area (Å²) in [7, 11) is 0. The maximum absolute atomic E-state index is 4.52. The van der Waals surface area contributed by atoms with Crippen molar-refractivity contribution >= 4 is 33.7 Å². The molecule has 53 heavy (non-hydrogen) atoms. The second kappa shape index (κ2) is 16.8. The van der Waals surface area contributed by atoms with Gasteiger partial charge in [0.15, 0.2) is 0 Å². The minimum absolute atomic E-state index is 0. The molecule has 252 valence electrons. The summed E-state index contributed by atoms with van der Waals surface area (Å²) in [6.07, 6.45) is 14.9. The number of pyridine rings is 2. The van der Waals surface area contributed by atoms with Crippen LogP contribution in [0.3, 0.4) is 0 Å². The fraction of sp³-hybridized carbons (Fsp3) is 0.0417. The van der Waals surface area contributed by atoms with Crippen molar-refractivity contribution in [1.82, 2.24) is 9.97 Å². The summed E-state index contributed by atoms with van der Waals surface area (Å²) in [5, 5.41) is 5.08. The van der Waals surface area contributed by atoms with Crippen LogP contribution in [-0.2, 0) is 26.2 Å². The van der Waals surface area contributed by atoms with E-state index in [9.17, 15) is 0 Å². The molecular formula is C48H32Cl2N2Zr. The molecule has 2 aromatic heterocycles. The van der Waals surface area contributed by atoms with Crippen LogP contribution in [0.2, 0.25) is 0 Å². The first-order valence-corrected chi connectivity index (χ1v) is 17.0. The van der Waals surface area contributed by atoms with Gasteiger partial charge in [-0.05, 0) is 80.9 Å². The van der Waals surface area contributed by atoms with Crippen molar-refractivity contribution in [2.45, 2.75) is 11.8 Å².